The summed E-state index contributed by atoms with van der Waals surface area (Å²) < 4.78 is 11.9. The number of rotatable bonds is 11. The lowest BCUT2D eigenvalue weighted by atomic mass is 10.1. The molecule has 0 aromatic heterocycles. The Morgan fingerprint density at radius 3 is 2.39 bits per heavy atom. The molecule has 168 valence electrons. The molecule has 0 aliphatic carbocycles. The summed E-state index contributed by atoms with van der Waals surface area (Å²) in [7, 11) is 1.60. The number of benzene rings is 2. The van der Waals surface area contributed by atoms with Gasteiger partial charge in [-0.25, -0.2) is 0 Å². The van der Waals surface area contributed by atoms with Gasteiger partial charge in [-0.2, -0.15) is 0 Å². The summed E-state index contributed by atoms with van der Waals surface area (Å²) in [6.45, 7) is 6.00. The summed E-state index contributed by atoms with van der Waals surface area (Å²) in [5, 5.41) is 3.00. The van der Waals surface area contributed by atoms with Gasteiger partial charge in [-0.05, 0) is 61.7 Å². The van der Waals surface area contributed by atoms with Crippen LogP contribution in [0.3, 0.4) is 0 Å². The molecule has 0 aliphatic heterocycles. The fourth-order valence-corrected chi connectivity index (χ4v) is 3.35. The van der Waals surface area contributed by atoms with E-state index in [9.17, 15) is 9.59 Å². The Balaban J connectivity index is 2.22. The van der Waals surface area contributed by atoms with Crippen LogP contribution in [0.5, 0.6) is 11.5 Å². The van der Waals surface area contributed by atoms with E-state index in [1.54, 1.807) is 24.1 Å². The largest absolute Gasteiger partial charge is 0.497 e. The van der Waals surface area contributed by atoms with Crippen molar-refractivity contribution in [2.24, 2.45) is 0 Å². The number of carbonyl (C=O) groups excluding carboxylic acids is 2. The molecule has 0 fully saturated rings. The molecular formula is C24H31BrN2O4. The Hall–Kier alpha value is -2.54. The van der Waals surface area contributed by atoms with Crippen molar-refractivity contribution in [3.8, 4) is 11.5 Å². The number of methoxy groups -OCH3 is 1. The summed E-state index contributed by atoms with van der Waals surface area (Å²) in [4.78, 5) is 27.7. The number of carbonyl (C=O) groups is 2. The number of hydrogen-bond donors (Lipinski definition) is 1. The van der Waals surface area contributed by atoms with E-state index < -0.39 is 6.04 Å². The molecule has 2 aromatic carbocycles. The number of nitrogens with one attached hydrogen (secondary N) is 1. The second-order valence-electron chi connectivity index (χ2n) is 7.36. The van der Waals surface area contributed by atoms with E-state index in [1.165, 1.54) is 0 Å². The highest BCUT2D eigenvalue weighted by Crippen LogP contribution is 2.19. The first kappa shape index (κ1) is 24.7. The number of halogens is 1. The smallest absolute Gasteiger partial charge is 0.261 e. The van der Waals surface area contributed by atoms with Crippen LogP contribution in [0, 0.1) is 0 Å². The molecule has 2 amide bonds. The van der Waals surface area contributed by atoms with Crippen molar-refractivity contribution in [2.45, 2.75) is 52.2 Å². The van der Waals surface area contributed by atoms with Crippen molar-refractivity contribution < 1.29 is 19.1 Å². The molecule has 0 unspecified atom stereocenters. The Labute approximate surface area is 193 Å². The van der Waals surface area contributed by atoms with Crippen LogP contribution >= 0.6 is 15.9 Å². The lowest BCUT2D eigenvalue weighted by Crippen LogP contribution is -2.51. The number of hydrogen-bond acceptors (Lipinski definition) is 4. The molecule has 0 bridgehead atoms. The molecule has 2 rings (SSSR count). The SMILES string of the molecule is CC[C@H](C(=O)N[C@@H](C)CC)N(Cc1cccc(OC)c1)C(=O)COc1ccc(Br)cc1. The van der Waals surface area contributed by atoms with E-state index in [0.29, 0.717) is 17.9 Å². The molecule has 6 nitrogen and oxygen atoms in total. The number of ether oxygens (including phenoxy) is 2. The van der Waals surface area contributed by atoms with Crippen molar-refractivity contribution in [3.05, 3.63) is 58.6 Å². The highest BCUT2D eigenvalue weighted by atomic mass is 79.9. The van der Waals surface area contributed by atoms with Crippen LogP contribution in [0.25, 0.3) is 0 Å². The molecular weight excluding hydrogens is 460 g/mol. The van der Waals surface area contributed by atoms with Gasteiger partial charge in [0.25, 0.3) is 5.91 Å². The minimum atomic E-state index is -0.596. The summed E-state index contributed by atoms with van der Waals surface area (Å²) in [6, 6.07) is 14.2. The van der Waals surface area contributed by atoms with E-state index in [1.807, 2.05) is 57.2 Å². The third-order valence-corrected chi connectivity index (χ3v) is 5.58. The van der Waals surface area contributed by atoms with E-state index in [-0.39, 0.29) is 31.0 Å². The fraction of sp³-hybridized carbons (Fsp3) is 0.417. The van der Waals surface area contributed by atoms with Crippen LogP contribution in [0.1, 0.15) is 39.2 Å². The maximum absolute atomic E-state index is 13.2. The minimum absolute atomic E-state index is 0.0364. The Kier molecular flexibility index (Phi) is 9.85. The van der Waals surface area contributed by atoms with Crippen molar-refractivity contribution in [1.29, 1.82) is 0 Å². The molecule has 0 spiro atoms. The van der Waals surface area contributed by atoms with Crippen molar-refractivity contribution in [1.82, 2.24) is 10.2 Å². The normalized spacial score (nSPS) is 12.5. The average molecular weight is 491 g/mol. The van der Waals surface area contributed by atoms with Gasteiger partial charge in [-0.15, -0.1) is 0 Å². The first-order chi connectivity index (χ1) is 14.9. The van der Waals surface area contributed by atoms with Gasteiger partial charge in [0.05, 0.1) is 7.11 Å². The quantitative estimate of drug-likeness (QED) is 0.501. The van der Waals surface area contributed by atoms with Crippen molar-refractivity contribution >= 4 is 27.7 Å². The molecule has 0 saturated carbocycles. The second-order valence-corrected chi connectivity index (χ2v) is 8.27. The summed E-state index contributed by atoms with van der Waals surface area (Å²) in [6.07, 6.45) is 1.31. The number of amides is 2. The first-order valence-corrected chi connectivity index (χ1v) is 11.3. The van der Waals surface area contributed by atoms with Crippen LogP contribution in [-0.2, 0) is 16.1 Å². The van der Waals surface area contributed by atoms with E-state index in [0.717, 1.165) is 16.5 Å². The van der Waals surface area contributed by atoms with Crippen molar-refractivity contribution in [2.75, 3.05) is 13.7 Å². The van der Waals surface area contributed by atoms with Gasteiger partial charge in [0.1, 0.15) is 17.5 Å². The van der Waals surface area contributed by atoms with Gasteiger partial charge in [0.15, 0.2) is 6.61 Å². The Morgan fingerprint density at radius 1 is 1.06 bits per heavy atom. The highest BCUT2D eigenvalue weighted by Gasteiger charge is 2.29. The van der Waals surface area contributed by atoms with Gasteiger partial charge in [-0.3, -0.25) is 9.59 Å². The molecule has 2 aromatic rings. The monoisotopic (exact) mass is 490 g/mol. The van der Waals surface area contributed by atoms with E-state index in [2.05, 4.69) is 21.2 Å². The first-order valence-electron chi connectivity index (χ1n) is 10.5. The van der Waals surface area contributed by atoms with Gasteiger partial charge >= 0.3 is 0 Å². The lowest BCUT2D eigenvalue weighted by Gasteiger charge is -2.31. The number of nitrogens with zero attached hydrogens (tertiary/aromatic N) is 1. The topological polar surface area (TPSA) is 67.9 Å². The zero-order chi connectivity index (χ0) is 22.8. The van der Waals surface area contributed by atoms with Gasteiger partial charge in [0.2, 0.25) is 5.91 Å². The van der Waals surface area contributed by atoms with Gasteiger partial charge in [0, 0.05) is 17.1 Å². The Morgan fingerprint density at radius 2 is 1.77 bits per heavy atom. The Bertz CT molecular complexity index is 857. The molecule has 31 heavy (non-hydrogen) atoms. The van der Waals surface area contributed by atoms with E-state index in [4.69, 9.17) is 9.47 Å². The molecule has 1 N–H and O–H groups in total. The van der Waals surface area contributed by atoms with E-state index >= 15 is 0 Å². The lowest BCUT2D eigenvalue weighted by molar-refractivity contribution is -0.143. The second kappa shape index (κ2) is 12.3. The fourth-order valence-electron chi connectivity index (χ4n) is 3.09. The van der Waals surface area contributed by atoms with Crippen molar-refractivity contribution in [3.63, 3.8) is 0 Å². The predicted octanol–water partition coefficient (Wildman–Crippen LogP) is 4.56. The molecule has 7 heteroatoms. The van der Waals surface area contributed by atoms with Crippen LogP contribution in [0.15, 0.2) is 53.0 Å². The zero-order valence-corrected chi connectivity index (χ0v) is 20.1. The standard InChI is InChI=1S/C24H31BrN2O4/c1-5-17(3)26-24(29)22(6-2)27(15-18-8-7-9-21(14-18)30-4)23(28)16-31-20-12-10-19(25)11-13-20/h7-14,17,22H,5-6,15-16H2,1-4H3,(H,26,29)/t17-,22+/m0/s1. The minimum Gasteiger partial charge on any atom is -0.497 e. The van der Waals surface area contributed by atoms with Gasteiger partial charge in [-0.1, -0.05) is 41.9 Å². The van der Waals surface area contributed by atoms with Crippen LogP contribution in [0.4, 0.5) is 0 Å². The molecule has 0 saturated heterocycles. The molecule has 0 aliphatic rings. The van der Waals surface area contributed by atoms with Crippen LogP contribution in [-0.4, -0.2) is 42.5 Å². The molecule has 0 heterocycles. The van der Waals surface area contributed by atoms with Gasteiger partial charge < -0.3 is 19.7 Å². The molecule has 0 radical (unpaired) electrons. The summed E-state index contributed by atoms with van der Waals surface area (Å²) >= 11 is 3.38. The zero-order valence-electron chi connectivity index (χ0n) is 18.6. The predicted molar refractivity (Wildman–Crippen MR) is 125 cm³/mol. The summed E-state index contributed by atoms with van der Waals surface area (Å²) in [5.41, 5.74) is 0.881. The maximum atomic E-state index is 13.2. The third-order valence-electron chi connectivity index (χ3n) is 5.05. The third kappa shape index (κ3) is 7.58. The molecule has 2 atom stereocenters. The highest BCUT2D eigenvalue weighted by molar-refractivity contribution is 9.10. The maximum Gasteiger partial charge on any atom is 0.261 e. The van der Waals surface area contributed by atoms with Crippen LogP contribution in [0.2, 0.25) is 0 Å². The average Bonchev–Trinajstić information content (AvgIpc) is 2.78. The van der Waals surface area contributed by atoms with Crippen LogP contribution < -0.4 is 14.8 Å². The summed E-state index contributed by atoms with van der Waals surface area (Å²) in [5.74, 6) is 0.886.